The third-order valence-electron chi connectivity index (χ3n) is 6.52. The normalized spacial score (nSPS) is 14.8. The first-order valence-electron chi connectivity index (χ1n) is 12.5. The van der Waals surface area contributed by atoms with Gasteiger partial charge in [0.1, 0.15) is 11.6 Å². The highest BCUT2D eigenvalue weighted by atomic mass is 35.5. The SMILES string of the molecule is O=C(c1nc(-c2ccccc2Cl)n(-c2ccc(OS(=O)(=O)CCC(F)(F)F)cc2)c1CO)N(O)C1CCCCC1. The molecule has 1 aliphatic rings. The number of alkyl halides is 3. The maximum Gasteiger partial charge on any atom is 0.390 e. The van der Waals surface area contributed by atoms with E-state index in [2.05, 4.69) is 4.98 Å². The summed E-state index contributed by atoms with van der Waals surface area (Å²) in [4.78, 5) is 17.8. The lowest BCUT2D eigenvalue weighted by Gasteiger charge is -2.28. The summed E-state index contributed by atoms with van der Waals surface area (Å²) in [6, 6.07) is 11.5. The summed E-state index contributed by atoms with van der Waals surface area (Å²) in [6.45, 7) is -0.652. The molecule has 1 fully saturated rings. The van der Waals surface area contributed by atoms with Crippen LogP contribution in [0.4, 0.5) is 13.2 Å². The highest BCUT2D eigenvalue weighted by molar-refractivity contribution is 7.87. The predicted molar refractivity (Wildman–Crippen MR) is 140 cm³/mol. The number of carbonyl (C=O) groups excluding carboxylic acids is 1. The molecule has 2 N–H and O–H groups in total. The van der Waals surface area contributed by atoms with E-state index >= 15 is 0 Å². The fraction of sp³-hybridized carbons (Fsp3) is 0.385. The van der Waals surface area contributed by atoms with Crippen molar-refractivity contribution in [2.45, 2.75) is 57.3 Å². The van der Waals surface area contributed by atoms with Gasteiger partial charge in [0.05, 0.1) is 35.5 Å². The van der Waals surface area contributed by atoms with Crippen molar-refractivity contribution in [2.24, 2.45) is 0 Å². The minimum Gasteiger partial charge on any atom is -0.390 e. The van der Waals surface area contributed by atoms with Crippen LogP contribution >= 0.6 is 11.6 Å². The topological polar surface area (TPSA) is 122 Å². The number of amides is 1. The number of carbonyl (C=O) groups is 1. The number of nitrogens with zero attached hydrogens (tertiary/aromatic N) is 3. The van der Waals surface area contributed by atoms with E-state index in [1.54, 1.807) is 24.3 Å². The van der Waals surface area contributed by atoms with Crippen molar-refractivity contribution in [1.82, 2.24) is 14.6 Å². The Bertz CT molecular complexity index is 1460. The second-order valence-electron chi connectivity index (χ2n) is 9.35. The lowest BCUT2D eigenvalue weighted by atomic mass is 9.95. The summed E-state index contributed by atoms with van der Waals surface area (Å²) >= 11 is 6.42. The van der Waals surface area contributed by atoms with Crippen molar-refractivity contribution in [3.05, 3.63) is 64.9 Å². The summed E-state index contributed by atoms with van der Waals surface area (Å²) in [5.74, 6) is -2.10. The van der Waals surface area contributed by atoms with Gasteiger partial charge in [-0.1, -0.05) is 43.0 Å². The van der Waals surface area contributed by atoms with Crippen molar-refractivity contribution in [3.63, 3.8) is 0 Å². The van der Waals surface area contributed by atoms with Gasteiger partial charge in [-0.2, -0.15) is 21.6 Å². The Morgan fingerprint density at radius 2 is 1.75 bits per heavy atom. The Morgan fingerprint density at radius 3 is 2.35 bits per heavy atom. The fourth-order valence-electron chi connectivity index (χ4n) is 4.55. The predicted octanol–water partition coefficient (Wildman–Crippen LogP) is 5.51. The minimum atomic E-state index is -4.66. The number of aliphatic hydroxyl groups excluding tert-OH is 1. The summed E-state index contributed by atoms with van der Waals surface area (Å²) < 4.78 is 67.6. The lowest BCUT2D eigenvalue weighted by molar-refractivity contribution is -0.130. The van der Waals surface area contributed by atoms with E-state index in [1.807, 2.05) is 0 Å². The summed E-state index contributed by atoms with van der Waals surface area (Å²) in [7, 11) is -4.52. The van der Waals surface area contributed by atoms with Crippen molar-refractivity contribution in [2.75, 3.05) is 5.75 Å². The Labute approximate surface area is 233 Å². The van der Waals surface area contributed by atoms with Crippen LogP contribution in [0.15, 0.2) is 48.5 Å². The number of aliphatic hydroxyl groups is 1. The van der Waals surface area contributed by atoms with Gasteiger partial charge in [-0.25, -0.2) is 10.0 Å². The standard InChI is InChI=1S/C26H27ClF3N3O6S/c27-21-9-5-4-8-20(21)24-31-23(25(35)33(36)18-6-2-1-3-7-18)22(16-34)32(24)17-10-12-19(13-11-17)39-40(37,38)15-14-26(28,29)30/h4-5,8-13,18,34,36H,1-3,6-7,14-16H2. The van der Waals surface area contributed by atoms with Gasteiger partial charge >= 0.3 is 16.3 Å². The van der Waals surface area contributed by atoms with Gasteiger partial charge < -0.3 is 9.29 Å². The summed E-state index contributed by atoms with van der Waals surface area (Å²) in [5, 5.41) is 22.0. The molecule has 0 saturated heterocycles. The number of halogens is 4. The van der Waals surface area contributed by atoms with Crippen LogP contribution in [0.5, 0.6) is 5.75 Å². The first-order valence-corrected chi connectivity index (χ1v) is 14.4. The number of benzene rings is 2. The molecule has 0 radical (unpaired) electrons. The lowest BCUT2D eigenvalue weighted by Crippen LogP contribution is -2.39. The molecule has 216 valence electrons. The molecule has 0 unspecified atom stereocenters. The molecule has 1 heterocycles. The minimum absolute atomic E-state index is 0.0428. The van der Waals surface area contributed by atoms with Crippen LogP contribution < -0.4 is 4.18 Å². The smallest absolute Gasteiger partial charge is 0.390 e. The third-order valence-corrected chi connectivity index (χ3v) is 8.00. The van der Waals surface area contributed by atoms with E-state index in [0.29, 0.717) is 34.2 Å². The molecule has 40 heavy (non-hydrogen) atoms. The van der Waals surface area contributed by atoms with Gasteiger partial charge in [0.25, 0.3) is 5.91 Å². The van der Waals surface area contributed by atoms with Crippen molar-refractivity contribution >= 4 is 27.6 Å². The summed E-state index contributed by atoms with van der Waals surface area (Å²) in [5.41, 5.74) is 0.574. The zero-order valence-corrected chi connectivity index (χ0v) is 22.7. The second-order valence-corrected chi connectivity index (χ2v) is 11.4. The number of hydrogen-bond donors (Lipinski definition) is 2. The fourth-order valence-corrected chi connectivity index (χ4v) is 5.74. The number of hydroxylamine groups is 2. The Hall–Kier alpha value is -3.13. The zero-order valence-electron chi connectivity index (χ0n) is 21.1. The quantitative estimate of drug-likeness (QED) is 0.188. The van der Waals surface area contributed by atoms with Crippen LogP contribution in [0.1, 0.15) is 54.7 Å². The van der Waals surface area contributed by atoms with Gasteiger partial charge in [-0.05, 0) is 49.2 Å². The van der Waals surface area contributed by atoms with Gasteiger partial charge in [-0.3, -0.25) is 14.6 Å². The molecule has 0 spiro atoms. The monoisotopic (exact) mass is 601 g/mol. The Kier molecular flexibility index (Phi) is 9.08. The van der Waals surface area contributed by atoms with Crippen LogP contribution in [0.3, 0.4) is 0 Å². The van der Waals surface area contributed by atoms with E-state index in [-0.39, 0.29) is 23.0 Å². The van der Waals surface area contributed by atoms with Gasteiger partial charge in [0.15, 0.2) is 5.69 Å². The zero-order chi connectivity index (χ0) is 29.1. The molecule has 1 saturated carbocycles. The van der Waals surface area contributed by atoms with Crippen LogP contribution in [0.25, 0.3) is 17.1 Å². The van der Waals surface area contributed by atoms with Crippen molar-refractivity contribution in [1.29, 1.82) is 0 Å². The van der Waals surface area contributed by atoms with Crippen molar-refractivity contribution in [3.8, 4) is 22.8 Å². The molecule has 1 amide bonds. The molecule has 0 aliphatic heterocycles. The first kappa shape index (κ1) is 29.8. The molecular formula is C26H27ClF3N3O6S. The van der Waals surface area contributed by atoms with Crippen molar-refractivity contribution < 1.29 is 40.9 Å². The van der Waals surface area contributed by atoms with E-state index in [4.69, 9.17) is 15.8 Å². The van der Waals surface area contributed by atoms with Gasteiger partial charge in [-0.15, -0.1) is 0 Å². The molecule has 1 aliphatic carbocycles. The number of hydrogen-bond acceptors (Lipinski definition) is 7. The van der Waals surface area contributed by atoms with E-state index in [9.17, 15) is 36.7 Å². The van der Waals surface area contributed by atoms with Gasteiger partial charge in [0.2, 0.25) is 0 Å². The maximum absolute atomic E-state index is 13.4. The van der Waals surface area contributed by atoms with Crippen LogP contribution in [-0.4, -0.2) is 57.2 Å². The molecule has 14 heteroatoms. The molecule has 3 aromatic rings. The third kappa shape index (κ3) is 6.95. The highest BCUT2D eigenvalue weighted by Gasteiger charge is 2.32. The average Bonchev–Trinajstić information content (AvgIpc) is 3.31. The Morgan fingerprint density at radius 1 is 1.10 bits per heavy atom. The molecule has 0 bridgehead atoms. The second kappa shape index (κ2) is 12.2. The van der Waals surface area contributed by atoms with E-state index in [0.717, 1.165) is 19.3 Å². The van der Waals surface area contributed by atoms with Crippen LogP contribution in [-0.2, 0) is 16.7 Å². The van der Waals surface area contributed by atoms with Gasteiger partial charge in [0, 0.05) is 11.3 Å². The Balaban J connectivity index is 1.73. The number of rotatable bonds is 9. The molecule has 9 nitrogen and oxygen atoms in total. The average molecular weight is 602 g/mol. The molecule has 1 aromatic heterocycles. The largest absolute Gasteiger partial charge is 0.390 e. The molecule has 2 aromatic carbocycles. The highest BCUT2D eigenvalue weighted by Crippen LogP contribution is 2.33. The van der Waals surface area contributed by atoms with E-state index in [1.165, 1.54) is 28.8 Å². The number of aromatic nitrogens is 2. The molecular weight excluding hydrogens is 575 g/mol. The van der Waals surface area contributed by atoms with E-state index < -0.39 is 47.0 Å². The summed E-state index contributed by atoms with van der Waals surface area (Å²) in [6.07, 6.45) is -2.22. The van der Waals surface area contributed by atoms with Crippen LogP contribution in [0.2, 0.25) is 5.02 Å². The maximum atomic E-state index is 13.4. The molecule has 4 rings (SSSR count). The number of imidazole rings is 1. The van der Waals surface area contributed by atoms with Crippen LogP contribution in [0, 0.1) is 0 Å². The first-order chi connectivity index (χ1) is 18.9. The molecule has 0 atom stereocenters.